The molecule has 0 radical (unpaired) electrons. The van der Waals surface area contributed by atoms with Crippen LogP contribution in [0.4, 0.5) is 16.2 Å². The van der Waals surface area contributed by atoms with Crippen LogP contribution in [-0.2, 0) is 11.3 Å². The van der Waals surface area contributed by atoms with Gasteiger partial charge < -0.3 is 20.3 Å². The maximum absolute atomic E-state index is 12.8. The molecule has 1 aliphatic heterocycles. The van der Waals surface area contributed by atoms with E-state index in [1.165, 1.54) is 0 Å². The monoisotopic (exact) mass is 429 g/mol. The third-order valence-electron chi connectivity index (χ3n) is 5.48. The Labute approximate surface area is 188 Å². The van der Waals surface area contributed by atoms with Crippen molar-refractivity contribution in [2.75, 3.05) is 23.7 Å². The average molecular weight is 430 g/mol. The van der Waals surface area contributed by atoms with Crippen LogP contribution in [0.2, 0.25) is 0 Å². The third kappa shape index (κ3) is 5.95. The minimum Gasteiger partial charge on any atom is -0.373 e. The van der Waals surface area contributed by atoms with Gasteiger partial charge in [0.15, 0.2) is 0 Å². The highest BCUT2D eigenvalue weighted by molar-refractivity contribution is 6.00. The molecule has 6 heteroatoms. The molecule has 1 saturated heterocycles. The first-order chi connectivity index (χ1) is 15.7. The summed E-state index contributed by atoms with van der Waals surface area (Å²) in [6, 6.07) is 26.0. The lowest BCUT2D eigenvalue weighted by Crippen LogP contribution is -2.40. The summed E-state index contributed by atoms with van der Waals surface area (Å²) in [5.74, 6) is 0.00629. The summed E-state index contributed by atoms with van der Waals surface area (Å²) in [4.78, 5) is 26.8. The number of carbonyl (C=O) groups excluding carboxylic acids is 2. The summed E-state index contributed by atoms with van der Waals surface area (Å²) in [5, 5.41) is 5.55. The Morgan fingerprint density at radius 1 is 0.781 bits per heavy atom. The van der Waals surface area contributed by atoms with Gasteiger partial charge in [0.05, 0.1) is 12.7 Å². The largest absolute Gasteiger partial charge is 0.373 e. The van der Waals surface area contributed by atoms with Gasteiger partial charge in [-0.05, 0) is 54.8 Å². The number of carbonyl (C=O) groups is 2. The minimum atomic E-state index is -0.326. The first-order valence-electron chi connectivity index (χ1n) is 10.9. The minimum absolute atomic E-state index is 0.00629. The molecule has 1 fully saturated rings. The fourth-order valence-electron chi connectivity index (χ4n) is 3.71. The van der Waals surface area contributed by atoms with E-state index in [0.717, 1.165) is 18.4 Å². The van der Waals surface area contributed by atoms with Crippen molar-refractivity contribution in [2.24, 2.45) is 0 Å². The van der Waals surface area contributed by atoms with Crippen LogP contribution in [0.25, 0.3) is 0 Å². The van der Waals surface area contributed by atoms with Crippen molar-refractivity contribution in [3.8, 4) is 0 Å². The summed E-state index contributed by atoms with van der Waals surface area (Å²) in [6.07, 6.45) is 1.84. The van der Waals surface area contributed by atoms with E-state index in [1.807, 2.05) is 53.4 Å². The Morgan fingerprint density at radius 3 is 1.97 bits per heavy atom. The van der Waals surface area contributed by atoms with Crippen LogP contribution in [-0.4, -0.2) is 36.0 Å². The van der Waals surface area contributed by atoms with Crippen molar-refractivity contribution in [1.82, 2.24) is 4.90 Å². The second-order valence-electron chi connectivity index (χ2n) is 7.81. The van der Waals surface area contributed by atoms with Gasteiger partial charge in [-0.3, -0.25) is 4.79 Å². The van der Waals surface area contributed by atoms with E-state index in [0.29, 0.717) is 36.6 Å². The van der Waals surface area contributed by atoms with Gasteiger partial charge in [0.1, 0.15) is 0 Å². The van der Waals surface area contributed by atoms with Crippen LogP contribution in [0.1, 0.15) is 28.8 Å². The molecule has 0 aromatic heterocycles. The van der Waals surface area contributed by atoms with E-state index < -0.39 is 0 Å². The average Bonchev–Trinajstić information content (AvgIpc) is 2.84. The summed E-state index contributed by atoms with van der Waals surface area (Å²) in [7, 11) is 0. The molecular formula is C26H27N3O3. The van der Waals surface area contributed by atoms with Gasteiger partial charge in [-0.15, -0.1) is 0 Å². The van der Waals surface area contributed by atoms with Gasteiger partial charge in [-0.1, -0.05) is 48.5 Å². The molecule has 0 aliphatic carbocycles. The smallest absolute Gasteiger partial charge is 0.323 e. The number of hydrogen-bond acceptors (Lipinski definition) is 3. The zero-order chi connectivity index (χ0) is 22.2. The Bertz CT molecular complexity index is 1020. The van der Waals surface area contributed by atoms with Gasteiger partial charge in [0.2, 0.25) is 0 Å². The lowest BCUT2D eigenvalue weighted by molar-refractivity contribution is -0.000379. The van der Waals surface area contributed by atoms with E-state index in [-0.39, 0.29) is 18.0 Å². The van der Waals surface area contributed by atoms with Crippen LogP contribution >= 0.6 is 0 Å². The van der Waals surface area contributed by atoms with Crippen molar-refractivity contribution < 1.29 is 14.3 Å². The number of ether oxygens (including phenoxy) is 1. The standard InChI is InChI=1S/C26H27N3O3/c30-25(29-17-15-24(16-18-29)32-19-20-7-3-1-4-8-20)21-11-13-23(14-12-21)28-26(31)27-22-9-5-2-6-10-22/h1-14,24H,15-19H2,(H2,27,28,31). The summed E-state index contributed by atoms with van der Waals surface area (Å²) >= 11 is 0. The van der Waals surface area contributed by atoms with Crippen molar-refractivity contribution >= 4 is 23.3 Å². The predicted molar refractivity (Wildman–Crippen MR) is 126 cm³/mol. The van der Waals surface area contributed by atoms with E-state index in [2.05, 4.69) is 22.8 Å². The number of benzene rings is 3. The normalized spacial score (nSPS) is 14.1. The molecule has 1 heterocycles. The lowest BCUT2D eigenvalue weighted by atomic mass is 10.1. The predicted octanol–water partition coefficient (Wildman–Crippen LogP) is 5.15. The summed E-state index contributed by atoms with van der Waals surface area (Å²) in [6.45, 7) is 1.96. The van der Waals surface area contributed by atoms with Crippen molar-refractivity contribution in [3.05, 3.63) is 96.1 Å². The quantitative estimate of drug-likeness (QED) is 0.569. The topological polar surface area (TPSA) is 70.7 Å². The number of rotatable bonds is 6. The maximum Gasteiger partial charge on any atom is 0.323 e. The number of nitrogens with zero attached hydrogens (tertiary/aromatic N) is 1. The lowest BCUT2D eigenvalue weighted by Gasteiger charge is -2.32. The number of likely N-dealkylation sites (tertiary alicyclic amines) is 1. The number of para-hydroxylation sites is 1. The molecule has 0 bridgehead atoms. The number of nitrogens with one attached hydrogen (secondary N) is 2. The van der Waals surface area contributed by atoms with Crippen LogP contribution < -0.4 is 10.6 Å². The highest BCUT2D eigenvalue weighted by Gasteiger charge is 2.24. The van der Waals surface area contributed by atoms with Crippen LogP contribution in [0.3, 0.4) is 0 Å². The fourth-order valence-corrected chi connectivity index (χ4v) is 3.71. The van der Waals surface area contributed by atoms with Gasteiger partial charge in [0, 0.05) is 30.0 Å². The molecule has 0 saturated carbocycles. The SMILES string of the molecule is O=C(Nc1ccccc1)Nc1ccc(C(=O)N2CCC(OCc3ccccc3)CC2)cc1. The fraction of sp³-hybridized carbons (Fsp3) is 0.231. The summed E-state index contributed by atoms with van der Waals surface area (Å²) < 4.78 is 6.01. The molecule has 164 valence electrons. The molecule has 3 amide bonds. The maximum atomic E-state index is 12.8. The molecule has 2 N–H and O–H groups in total. The number of piperidine rings is 1. The summed E-state index contributed by atoms with van der Waals surface area (Å²) in [5.41, 5.74) is 3.12. The first kappa shape index (κ1) is 21.6. The molecule has 3 aromatic rings. The molecule has 4 rings (SSSR count). The van der Waals surface area contributed by atoms with Crippen LogP contribution in [0.5, 0.6) is 0 Å². The van der Waals surface area contributed by atoms with Crippen molar-refractivity contribution in [2.45, 2.75) is 25.6 Å². The molecule has 32 heavy (non-hydrogen) atoms. The number of urea groups is 1. The zero-order valence-corrected chi connectivity index (χ0v) is 17.9. The van der Waals surface area contributed by atoms with E-state index >= 15 is 0 Å². The van der Waals surface area contributed by atoms with E-state index in [1.54, 1.807) is 24.3 Å². The van der Waals surface area contributed by atoms with Crippen LogP contribution in [0, 0.1) is 0 Å². The second-order valence-corrected chi connectivity index (χ2v) is 7.81. The van der Waals surface area contributed by atoms with Crippen molar-refractivity contribution in [3.63, 3.8) is 0 Å². The molecule has 0 unspecified atom stereocenters. The molecule has 1 aliphatic rings. The number of anilines is 2. The van der Waals surface area contributed by atoms with Gasteiger partial charge in [-0.2, -0.15) is 0 Å². The van der Waals surface area contributed by atoms with Gasteiger partial charge in [-0.25, -0.2) is 4.79 Å². The Hall–Kier alpha value is -3.64. The Morgan fingerprint density at radius 2 is 1.34 bits per heavy atom. The third-order valence-corrected chi connectivity index (χ3v) is 5.48. The van der Waals surface area contributed by atoms with Crippen LogP contribution in [0.15, 0.2) is 84.9 Å². The van der Waals surface area contributed by atoms with Gasteiger partial charge >= 0.3 is 6.03 Å². The zero-order valence-electron chi connectivity index (χ0n) is 17.9. The highest BCUT2D eigenvalue weighted by Crippen LogP contribution is 2.19. The van der Waals surface area contributed by atoms with Gasteiger partial charge in [0.25, 0.3) is 5.91 Å². The number of hydrogen-bond donors (Lipinski definition) is 2. The molecule has 6 nitrogen and oxygen atoms in total. The van der Waals surface area contributed by atoms with Crippen molar-refractivity contribution in [1.29, 1.82) is 0 Å². The number of amides is 3. The molecule has 3 aromatic carbocycles. The molecule has 0 atom stereocenters. The Kier molecular flexibility index (Phi) is 7.15. The van der Waals surface area contributed by atoms with E-state index in [4.69, 9.17) is 4.74 Å². The first-order valence-corrected chi connectivity index (χ1v) is 10.9. The van der Waals surface area contributed by atoms with E-state index in [9.17, 15) is 9.59 Å². The molecule has 0 spiro atoms. The Balaban J connectivity index is 1.23. The second kappa shape index (κ2) is 10.6. The highest BCUT2D eigenvalue weighted by atomic mass is 16.5. The molecular weight excluding hydrogens is 402 g/mol.